The van der Waals surface area contributed by atoms with Gasteiger partial charge in [-0.3, -0.25) is 14.3 Å². The second-order valence-electron chi connectivity index (χ2n) is 7.03. The summed E-state index contributed by atoms with van der Waals surface area (Å²) >= 11 is 6.65. The van der Waals surface area contributed by atoms with E-state index in [0.717, 1.165) is 22.4 Å². The van der Waals surface area contributed by atoms with Crippen molar-refractivity contribution < 1.29 is 26.7 Å². The third kappa shape index (κ3) is 3.82. The summed E-state index contributed by atoms with van der Waals surface area (Å²) in [4.78, 5) is 26.9. The topological polar surface area (TPSA) is 64.1 Å². The minimum absolute atomic E-state index is 0.0303. The third-order valence-electron chi connectivity index (χ3n) is 5.02. The predicted molar refractivity (Wildman–Crippen MR) is 110 cm³/mol. The number of hydrogen-bond donors (Lipinski definition) is 1. The summed E-state index contributed by atoms with van der Waals surface area (Å²) in [5.74, 6) is -2.27. The number of ether oxygens (including phenoxy) is 1. The molecule has 0 fully saturated rings. The second kappa shape index (κ2) is 8.20. The molecule has 5 nitrogen and oxygen atoms in total. The molecule has 1 aliphatic heterocycles. The van der Waals surface area contributed by atoms with Crippen LogP contribution in [0.3, 0.4) is 0 Å². The molecule has 0 spiro atoms. The molecule has 3 aromatic rings. The SMILES string of the molecule is CCO[C@@H]1CSc2c(-c3cc(Cl)c(F)cc3F)c(C(F)(F)F)cc3c(=O)[nH]c(=O)n(c23)C1. The van der Waals surface area contributed by atoms with Gasteiger partial charge in [0.05, 0.1) is 34.1 Å². The van der Waals surface area contributed by atoms with Crippen LogP contribution >= 0.6 is 23.4 Å². The van der Waals surface area contributed by atoms with Crippen LogP contribution in [0.2, 0.25) is 5.02 Å². The fourth-order valence-electron chi connectivity index (χ4n) is 3.71. The van der Waals surface area contributed by atoms with E-state index in [1.807, 2.05) is 4.98 Å². The van der Waals surface area contributed by atoms with Crippen LogP contribution in [-0.2, 0) is 17.5 Å². The van der Waals surface area contributed by atoms with Gasteiger partial charge in [-0.1, -0.05) is 11.6 Å². The Morgan fingerprint density at radius 1 is 1.22 bits per heavy atom. The van der Waals surface area contributed by atoms with Crippen LogP contribution in [0.25, 0.3) is 22.0 Å². The summed E-state index contributed by atoms with van der Waals surface area (Å²) in [6, 6.07) is 1.73. The van der Waals surface area contributed by atoms with Crippen molar-refractivity contribution in [2.24, 2.45) is 0 Å². The number of rotatable bonds is 3. The second-order valence-corrected chi connectivity index (χ2v) is 8.46. The first-order valence-corrected chi connectivity index (χ1v) is 10.7. The molecule has 0 bridgehead atoms. The van der Waals surface area contributed by atoms with Crippen LogP contribution in [0.5, 0.6) is 0 Å². The Hall–Kier alpha value is -2.37. The van der Waals surface area contributed by atoms with Crippen molar-refractivity contribution in [3.63, 3.8) is 0 Å². The summed E-state index contributed by atoms with van der Waals surface area (Å²) in [7, 11) is 0. The number of benzene rings is 2. The lowest BCUT2D eigenvalue weighted by molar-refractivity contribution is -0.137. The summed E-state index contributed by atoms with van der Waals surface area (Å²) in [6.45, 7) is 1.97. The molecule has 0 amide bonds. The highest BCUT2D eigenvalue weighted by molar-refractivity contribution is 7.99. The van der Waals surface area contributed by atoms with E-state index in [2.05, 4.69) is 0 Å². The summed E-state index contributed by atoms with van der Waals surface area (Å²) in [5, 5.41) is -0.954. The van der Waals surface area contributed by atoms with Crippen LogP contribution < -0.4 is 11.2 Å². The van der Waals surface area contributed by atoms with Crippen molar-refractivity contribution in [1.82, 2.24) is 9.55 Å². The van der Waals surface area contributed by atoms with E-state index in [4.69, 9.17) is 16.3 Å². The van der Waals surface area contributed by atoms with Gasteiger partial charge in [0.15, 0.2) is 0 Å². The van der Waals surface area contributed by atoms with Crippen LogP contribution in [0.4, 0.5) is 22.0 Å². The molecular formula is C20H14ClF5N2O3S. The highest BCUT2D eigenvalue weighted by atomic mass is 35.5. The van der Waals surface area contributed by atoms with Crippen molar-refractivity contribution in [2.45, 2.75) is 30.6 Å². The Morgan fingerprint density at radius 2 is 1.94 bits per heavy atom. The standard InChI is InChI=1S/C20H14ClF5N2O3S/c1-2-31-8-6-28-16-10(18(29)27-19(28)30)3-11(20(24,25)26)15(17(16)32-7-8)9-4-12(21)14(23)5-13(9)22/h3-5,8H,2,6-7H2,1H3,(H,27,29,30)/t8-/m0/s1. The van der Waals surface area contributed by atoms with Crippen molar-refractivity contribution in [3.05, 3.63) is 61.3 Å². The fourth-order valence-corrected chi connectivity index (χ4v) is 5.15. The molecule has 2 heterocycles. The van der Waals surface area contributed by atoms with Crippen LogP contribution in [0.1, 0.15) is 12.5 Å². The van der Waals surface area contributed by atoms with E-state index in [0.29, 0.717) is 12.1 Å². The lowest BCUT2D eigenvalue weighted by Crippen LogP contribution is -2.34. The highest BCUT2D eigenvalue weighted by Crippen LogP contribution is 2.47. The minimum Gasteiger partial charge on any atom is -0.376 e. The highest BCUT2D eigenvalue weighted by Gasteiger charge is 2.38. The number of halogens is 6. The molecule has 0 saturated carbocycles. The van der Waals surface area contributed by atoms with Crippen molar-refractivity contribution in [1.29, 1.82) is 0 Å². The van der Waals surface area contributed by atoms with Crippen molar-refractivity contribution in [3.8, 4) is 11.1 Å². The maximum absolute atomic E-state index is 14.7. The van der Waals surface area contributed by atoms with E-state index < -0.39 is 56.9 Å². The smallest absolute Gasteiger partial charge is 0.376 e. The number of aromatic amines is 1. The Morgan fingerprint density at radius 3 is 2.59 bits per heavy atom. The predicted octanol–water partition coefficient (Wildman–Crippen LogP) is 4.82. The summed E-state index contributed by atoms with van der Waals surface area (Å²) < 4.78 is 77.4. The zero-order chi connectivity index (χ0) is 23.4. The van der Waals surface area contributed by atoms with Gasteiger partial charge in [0.25, 0.3) is 5.56 Å². The van der Waals surface area contributed by atoms with Gasteiger partial charge >= 0.3 is 11.9 Å². The number of aromatic nitrogens is 2. The molecule has 0 radical (unpaired) electrons. The van der Waals surface area contributed by atoms with E-state index in [9.17, 15) is 31.5 Å². The van der Waals surface area contributed by atoms with Crippen molar-refractivity contribution >= 4 is 34.3 Å². The van der Waals surface area contributed by atoms with Crippen LogP contribution in [0, 0.1) is 11.6 Å². The minimum atomic E-state index is -4.99. The third-order valence-corrected chi connectivity index (χ3v) is 6.54. The average molecular weight is 493 g/mol. The average Bonchev–Trinajstić information content (AvgIpc) is 2.89. The first-order chi connectivity index (χ1) is 15.0. The monoisotopic (exact) mass is 492 g/mol. The summed E-state index contributed by atoms with van der Waals surface area (Å²) in [6.07, 6.45) is -5.56. The number of alkyl halides is 3. The Balaban J connectivity index is 2.19. The molecule has 4 rings (SSSR count). The van der Waals surface area contributed by atoms with Crippen LogP contribution in [-0.4, -0.2) is 28.0 Å². The van der Waals surface area contributed by atoms with E-state index in [1.54, 1.807) is 6.92 Å². The lowest BCUT2D eigenvalue weighted by Gasteiger charge is -2.20. The molecule has 32 heavy (non-hydrogen) atoms. The fraction of sp³-hybridized carbons (Fsp3) is 0.300. The molecule has 0 aliphatic carbocycles. The van der Waals surface area contributed by atoms with Crippen molar-refractivity contribution in [2.75, 3.05) is 12.4 Å². The molecule has 0 unspecified atom stereocenters. The first kappa shape index (κ1) is 22.8. The van der Waals surface area contributed by atoms with Crippen LogP contribution in [0.15, 0.2) is 32.7 Å². The van der Waals surface area contributed by atoms with E-state index in [1.165, 1.54) is 0 Å². The van der Waals surface area contributed by atoms with Gasteiger partial charge in [-0.25, -0.2) is 13.6 Å². The number of thioether (sulfide) groups is 1. The van der Waals surface area contributed by atoms with Gasteiger partial charge in [-0.2, -0.15) is 13.2 Å². The molecule has 1 atom stereocenters. The van der Waals surface area contributed by atoms with Gasteiger partial charge in [0.1, 0.15) is 11.6 Å². The molecule has 12 heteroatoms. The molecule has 1 aliphatic rings. The normalized spacial score (nSPS) is 16.4. The summed E-state index contributed by atoms with van der Waals surface area (Å²) in [5.41, 5.74) is -4.44. The first-order valence-electron chi connectivity index (χ1n) is 9.33. The van der Waals surface area contributed by atoms with E-state index >= 15 is 0 Å². The Bertz CT molecular complexity index is 1350. The molecule has 1 N–H and O–H groups in total. The van der Waals surface area contributed by atoms with Gasteiger partial charge < -0.3 is 4.74 Å². The number of nitrogens with one attached hydrogen (secondary N) is 1. The molecule has 1 aromatic heterocycles. The zero-order valence-electron chi connectivity index (χ0n) is 16.3. The zero-order valence-corrected chi connectivity index (χ0v) is 17.9. The van der Waals surface area contributed by atoms with E-state index in [-0.39, 0.29) is 34.7 Å². The maximum atomic E-state index is 14.7. The van der Waals surface area contributed by atoms with Gasteiger partial charge in [0, 0.05) is 34.4 Å². The lowest BCUT2D eigenvalue weighted by atomic mass is 9.96. The molecule has 170 valence electrons. The van der Waals surface area contributed by atoms with Gasteiger partial charge in [-0.05, 0) is 19.1 Å². The molecule has 2 aromatic carbocycles. The Labute approximate surface area is 186 Å². The molecule has 0 saturated heterocycles. The number of nitrogens with zero attached hydrogens (tertiary/aromatic N) is 1. The van der Waals surface area contributed by atoms with Gasteiger partial charge in [-0.15, -0.1) is 11.8 Å². The quantitative estimate of drug-likeness (QED) is 0.421. The Kier molecular flexibility index (Phi) is 5.84. The number of hydrogen-bond acceptors (Lipinski definition) is 4. The maximum Gasteiger partial charge on any atom is 0.417 e. The largest absolute Gasteiger partial charge is 0.417 e. The van der Waals surface area contributed by atoms with Gasteiger partial charge in [0.2, 0.25) is 0 Å². The molecular weight excluding hydrogens is 479 g/mol. The number of H-pyrrole nitrogens is 1.